The van der Waals surface area contributed by atoms with Gasteiger partial charge in [-0.05, 0) is 49.2 Å². The summed E-state index contributed by atoms with van der Waals surface area (Å²) in [5.74, 6) is 1.21. The van der Waals surface area contributed by atoms with Crippen molar-refractivity contribution in [3.8, 4) is 0 Å². The van der Waals surface area contributed by atoms with Gasteiger partial charge in [0.15, 0.2) is 0 Å². The minimum absolute atomic E-state index is 0.219. The Morgan fingerprint density at radius 1 is 1.08 bits per heavy atom. The van der Waals surface area contributed by atoms with Gasteiger partial charge in [0.1, 0.15) is 5.82 Å². The van der Waals surface area contributed by atoms with Gasteiger partial charge in [-0.25, -0.2) is 4.98 Å². The lowest BCUT2D eigenvalue weighted by Gasteiger charge is -2.35. The van der Waals surface area contributed by atoms with E-state index in [0.717, 1.165) is 37.7 Å². The fraction of sp³-hybridized carbons (Fsp3) is 0.400. The van der Waals surface area contributed by atoms with Gasteiger partial charge in [0.25, 0.3) is 0 Å². The van der Waals surface area contributed by atoms with E-state index in [1.807, 2.05) is 29.3 Å². The van der Waals surface area contributed by atoms with Gasteiger partial charge >= 0.3 is 0 Å². The van der Waals surface area contributed by atoms with Crippen LogP contribution in [-0.2, 0) is 4.79 Å². The van der Waals surface area contributed by atoms with E-state index in [0.29, 0.717) is 13.0 Å². The van der Waals surface area contributed by atoms with Gasteiger partial charge in [0, 0.05) is 51.0 Å². The normalized spacial score (nSPS) is 14.5. The molecule has 2 aromatic rings. The van der Waals surface area contributed by atoms with Crippen LogP contribution in [0.25, 0.3) is 0 Å². The molecule has 0 bridgehead atoms. The molecule has 1 fully saturated rings. The number of hydrogen-bond acceptors (Lipinski definition) is 4. The SMILES string of the molecule is Cc1ccc(NCCC(=O)N2CCN(c3ccccn3)CC2)cc1C. The minimum atomic E-state index is 0.219. The van der Waals surface area contributed by atoms with Crippen molar-refractivity contribution in [2.75, 3.05) is 42.9 Å². The van der Waals surface area contributed by atoms with Crippen LogP contribution in [0.3, 0.4) is 0 Å². The highest BCUT2D eigenvalue weighted by Gasteiger charge is 2.21. The number of aromatic nitrogens is 1. The van der Waals surface area contributed by atoms with Crippen LogP contribution < -0.4 is 10.2 Å². The number of benzene rings is 1. The second kappa shape index (κ2) is 8.01. The Hall–Kier alpha value is -2.56. The lowest BCUT2D eigenvalue weighted by molar-refractivity contribution is -0.131. The van der Waals surface area contributed by atoms with E-state index in [1.54, 1.807) is 0 Å². The van der Waals surface area contributed by atoms with Crippen LogP contribution >= 0.6 is 0 Å². The highest BCUT2D eigenvalue weighted by Crippen LogP contribution is 2.15. The van der Waals surface area contributed by atoms with Gasteiger partial charge in [0.2, 0.25) is 5.91 Å². The third kappa shape index (κ3) is 4.50. The van der Waals surface area contributed by atoms with Crippen molar-refractivity contribution in [1.29, 1.82) is 0 Å². The number of carbonyl (C=O) groups is 1. The lowest BCUT2D eigenvalue weighted by atomic mass is 10.1. The summed E-state index contributed by atoms with van der Waals surface area (Å²) in [6.07, 6.45) is 2.34. The molecule has 0 atom stereocenters. The van der Waals surface area contributed by atoms with Crippen molar-refractivity contribution in [3.05, 3.63) is 53.7 Å². The van der Waals surface area contributed by atoms with Gasteiger partial charge in [-0.15, -0.1) is 0 Å². The second-order valence-corrected chi connectivity index (χ2v) is 6.53. The second-order valence-electron chi connectivity index (χ2n) is 6.53. The van der Waals surface area contributed by atoms with Crippen LogP contribution in [0, 0.1) is 13.8 Å². The Bertz CT molecular complexity index is 709. The van der Waals surface area contributed by atoms with Crippen LogP contribution in [0.5, 0.6) is 0 Å². The van der Waals surface area contributed by atoms with Gasteiger partial charge in [-0.3, -0.25) is 4.79 Å². The Balaban J connectivity index is 1.43. The highest BCUT2D eigenvalue weighted by molar-refractivity contribution is 5.77. The Morgan fingerprint density at radius 2 is 1.88 bits per heavy atom. The maximum Gasteiger partial charge on any atom is 0.224 e. The number of hydrogen-bond donors (Lipinski definition) is 1. The lowest BCUT2D eigenvalue weighted by Crippen LogP contribution is -2.49. The Labute approximate surface area is 149 Å². The van der Waals surface area contributed by atoms with Gasteiger partial charge in [0.05, 0.1) is 0 Å². The zero-order chi connectivity index (χ0) is 17.6. The number of aryl methyl sites for hydroxylation is 2. The zero-order valence-electron chi connectivity index (χ0n) is 15.0. The molecule has 0 unspecified atom stereocenters. The fourth-order valence-electron chi connectivity index (χ4n) is 3.05. The fourth-order valence-corrected chi connectivity index (χ4v) is 3.05. The molecule has 0 radical (unpaired) electrons. The van der Waals surface area contributed by atoms with Crippen LogP contribution in [0.15, 0.2) is 42.6 Å². The summed E-state index contributed by atoms with van der Waals surface area (Å²) in [6.45, 7) is 8.08. The third-order valence-electron chi connectivity index (χ3n) is 4.78. The number of nitrogens with one attached hydrogen (secondary N) is 1. The molecule has 1 aromatic carbocycles. The first-order chi connectivity index (χ1) is 12.1. The topological polar surface area (TPSA) is 48.5 Å². The average molecular weight is 338 g/mol. The summed E-state index contributed by atoms with van der Waals surface area (Å²) in [5, 5.41) is 3.35. The van der Waals surface area contributed by atoms with E-state index in [1.165, 1.54) is 11.1 Å². The average Bonchev–Trinajstić information content (AvgIpc) is 2.65. The van der Waals surface area contributed by atoms with Crippen LogP contribution in [0.2, 0.25) is 0 Å². The quantitative estimate of drug-likeness (QED) is 0.911. The molecule has 2 heterocycles. The molecule has 0 saturated carbocycles. The summed E-state index contributed by atoms with van der Waals surface area (Å²) in [5.41, 5.74) is 3.63. The van der Waals surface area contributed by atoms with E-state index in [-0.39, 0.29) is 5.91 Å². The molecule has 1 aromatic heterocycles. The molecule has 1 saturated heterocycles. The maximum absolute atomic E-state index is 12.4. The van der Waals surface area contributed by atoms with E-state index < -0.39 is 0 Å². The van der Waals surface area contributed by atoms with Gasteiger partial charge in [-0.1, -0.05) is 12.1 Å². The first kappa shape index (κ1) is 17.3. The molecular formula is C20H26N4O. The molecule has 5 nitrogen and oxygen atoms in total. The number of amides is 1. The minimum Gasteiger partial charge on any atom is -0.385 e. The molecule has 0 spiro atoms. The Morgan fingerprint density at radius 3 is 2.56 bits per heavy atom. The van der Waals surface area contributed by atoms with E-state index in [2.05, 4.69) is 47.2 Å². The van der Waals surface area contributed by atoms with E-state index >= 15 is 0 Å². The predicted octanol–water partition coefficient (Wildman–Crippen LogP) is 2.85. The molecule has 25 heavy (non-hydrogen) atoms. The summed E-state index contributed by atoms with van der Waals surface area (Å²) in [6, 6.07) is 12.2. The molecular weight excluding hydrogens is 312 g/mol. The van der Waals surface area contributed by atoms with Crippen LogP contribution in [0.1, 0.15) is 17.5 Å². The number of piperazine rings is 1. The predicted molar refractivity (Wildman–Crippen MR) is 102 cm³/mol. The number of nitrogens with zero attached hydrogens (tertiary/aromatic N) is 3. The van der Waals surface area contributed by atoms with Crippen molar-refractivity contribution in [3.63, 3.8) is 0 Å². The molecule has 1 N–H and O–H groups in total. The number of pyridine rings is 1. The van der Waals surface area contributed by atoms with Crippen molar-refractivity contribution in [2.24, 2.45) is 0 Å². The molecule has 1 aliphatic rings. The molecule has 3 rings (SSSR count). The largest absolute Gasteiger partial charge is 0.385 e. The molecule has 0 aliphatic carbocycles. The molecule has 132 valence electrons. The number of carbonyl (C=O) groups excluding carboxylic acids is 1. The first-order valence-electron chi connectivity index (χ1n) is 8.88. The van der Waals surface area contributed by atoms with E-state index in [4.69, 9.17) is 0 Å². The summed E-state index contributed by atoms with van der Waals surface area (Å²) in [4.78, 5) is 21.0. The van der Waals surface area contributed by atoms with Crippen LogP contribution in [-0.4, -0.2) is 48.5 Å². The monoisotopic (exact) mass is 338 g/mol. The summed E-state index contributed by atoms with van der Waals surface area (Å²) < 4.78 is 0. The van der Waals surface area contributed by atoms with Gasteiger partial charge in [-0.2, -0.15) is 0 Å². The zero-order valence-corrected chi connectivity index (χ0v) is 15.0. The number of rotatable bonds is 5. The van der Waals surface area contributed by atoms with Crippen molar-refractivity contribution in [2.45, 2.75) is 20.3 Å². The summed E-state index contributed by atoms with van der Waals surface area (Å²) >= 11 is 0. The number of anilines is 2. The van der Waals surface area contributed by atoms with E-state index in [9.17, 15) is 4.79 Å². The van der Waals surface area contributed by atoms with Gasteiger partial charge < -0.3 is 15.1 Å². The third-order valence-corrected chi connectivity index (χ3v) is 4.78. The smallest absolute Gasteiger partial charge is 0.224 e. The van der Waals surface area contributed by atoms with Crippen LogP contribution in [0.4, 0.5) is 11.5 Å². The van der Waals surface area contributed by atoms with Crippen molar-refractivity contribution >= 4 is 17.4 Å². The van der Waals surface area contributed by atoms with Crippen molar-refractivity contribution < 1.29 is 4.79 Å². The highest BCUT2D eigenvalue weighted by atomic mass is 16.2. The molecule has 1 amide bonds. The van der Waals surface area contributed by atoms with Crippen molar-refractivity contribution in [1.82, 2.24) is 9.88 Å². The first-order valence-corrected chi connectivity index (χ1v) is 8.88. The standard InChI is InChI=1S/C20H26N4O/c1-16-6-7-18(15-17(16)2)21-10-8-20(25)24-13-11-23(12-14-24)19-5-3-4-9-22-19/h3-7,9,15,21H,8,10-14H2,1-2H3. The molecule has 5 heteroatoms. The molecule has 1 aliphatic heterocycles. The summed E-state index contributed by atoms with van der Waals surface area (Å²) in [7, 11) is 0. The maximum atomic E-state index is 12.4. The Kier molecular flexibility index (Phi) is 5.53.